The van der Waals surface area contributed by atoms with Gasteiger partial charge in [-0.05, 0) is 30.2 Å². The van der Waals surface area contributed by atoms with Crippen molar-refractivity contribution in [2.24, 2.45) is 5.92 Å². The van der Waals surface area contributed by atoms with Crippen LogP contribution in [0.15, 0.2) is 54.6 Å². The Hall–Kier alpha value is -3.27. The van der Waals surface area contributed by atoms with E-state index in [1.54, 1.807) is 0 Å². The lowest BCUT2D eigenvalue weighted by Crippen LogP contribution is -2.73. The second-order valence-corrected chi connectivity index (χ2v) is 6.91. The van der Waals surface area contributed by atoms with E-state index >= 15 is 0 Å². The lowest BCUT2D eigenvalue weighted by Gasteiger charge is -2.44. The molecule has 166 valence electrons. The highest BCUT2D eigenvalue weighted by molar-refractivity contribution is 5.83. The number of esters is 1. The van der Waals surface area contributed by atoms with Crippen LogP contribution in [-0.2, 0) is 16.1 Å². The van der Waals surface area contributed by atoms with Gasteiger partial charge in [-0.2, -0.15) is 13.2 Å². The summed E-state index contributed by atoms with van der Waals surface area (Å²) in [4.78, 5) is 24.3. The number of urea groups is 1. The maximum atomic E-state index is 13.6. The van der Waals surface area contributed by atoms with Gasteiger partial charge in [0.05, 0.1) is 12.6 Å². The van der Waals surface area contributed by atoms with Crippen LogP contribution in [0.4, 0.5) is 18.0 Å². The summed E-state index contributed by atoms with van der Waals surface area (Å²) in [6.45, 7) is 1.51. The number of rotatable bonds is 6. The van der Waals surface area contributed by atoms with Crippen molar-refractivity contribution in [3.05, 3.63) is 65.7 Å². The van der Waals surface area contributed by atoms with Crippen LogP contribution >= 0.6 is 0 Å². The lowest BCUT2D eigenvalue weighted by molar-refractivity contribution is -0.294. The summed E-state index contributed by atoms with van der Waals surface area (Å²) in [6, 6.07) is 12.4. The third-order valence-corrected chi connectivity index (χ3v) is 4.83. The van der Waals surface area contributed by atoms with E-state index in [9.17, 15) is 27.9 Å². The molecule has 0 bridgehead atoms. The van der Waals surface area contributed by atoms with Crippen LogP contribution < -0.4 is 15.4 Å². The van der Waals surface area contributed by atoms with Gasteiger partial charge in [0, 0.05) is 0 Å². The van der Waals surface area contributed by atoms with Crippen molar-refractivity contribution >= 4 is 12.0 Å². The van der Waals surface area contributed by atoms with Crippen molar-refractivity contribution in [3.63, 3.8) is 0 Å². The number of hydrogen-bond donors (Lipinski definition) is 3. The Labute approximate surface area is 176 Å². The molecule has 7 nitrogen and oxygen atoms in total. The van der Waals surface area contributed by atoms with Gasteiger partial charge in [0.25, 0.3) is 5.72 Å². The summed E-state index contributed by atoms with van der Waals surface area (Å²) < 4.78 is 51.3. The third-order valence-electron chi connectivity index (χ3n) is 4.83. The number of halogens is 3. The van der Waals surface area contributed by atoms with Gasteiger partial charge < -0.3 is 25.2 Å². The topological polar surface area (TPSA) is 96.9 Å². The number of benzene rings is 2. The summed E-state index contributed by atoms with van der Waals surface area (Å²) in [6.07, 6.45) is -5.32. The Bertz CT molecular complexity index is 921. The highest BCUT2D eigenvalue weighted by Gasteiger charge is 2.67. The molecule has 3 atom stereocenters. The third kappa shape index (κ3) is 4.74. The van der Waals surface area contributed by atoms with Crippen LogP contribution in [0.25, 0.3) is 0 Å². The van der Waals surface area contributed by atoms with Crippen molar-refractivity contribution in [1.29, 1.82) is 0 Å². The zero-order valence-electron chi connectivity index (χ0n) is 16.5. The molecule has 1 aliphatic rings. The van der Waals surface area contributed by atoms with E-state index in [-0.39, 0.29) is 18.8 Å². The number of ether oxygens (including phenoxy) is 2. The first-order valence-corrected chi connectivity index (χ1v) is 9.47. The number of aliphatic hydroxyl groups is 1. The van der Waals surface area contributed by atoms with Crippen LogP contribution in [0.3, 0.4) is 0 Å². The van der Waals surface area contributed by atoms with E-state index in [0.717, 1.165) is 5.56 Å². The zero-order valence-corrected chi connectivity index (χ0v) is 16.5. The SMILES string of the molecule is CCOC(=O)[C@H]1[C@H](c2ccc(OCc3ccccc3)cc2)NC(=O)N[C@]1(O)C(F)(F)F. The smallest absolute Gasteiger partial charge is 0.437 e. The highest BCUT2D eigenvalue weighted by atomic mass is 19.4. The predicted octanol–water partition coefficient (Wildman–Crippen LogP) is 3.05. The molecule has 10 heteroatoms. The Kier molecular flexibility index (Phi) is 6.40. The number of carbonyl (C=O) groups excluding carboxylic acids is 2. The largest absolute Gasteiger partial charge is 0.489 e. The van der Waals surface area contributed by atoms with Crippen LogP contribution in [0.1, 0.15) is 24.1 Å². The Morgan fingerprint density at radius 1 is 1.13 bits per heavy atom. The molecule has 0 saturated carbocycles. The molecule has 2 aromatic carbocycles. The first kappa shape index (κ1) is 22.4. The Morgan fingerprint density at radius 2 is 1.77 bits per heavy atom. The van der Waals surface area contributed by atoms with Gasteiger partial charge in [0.15, 0.2) is 0 Å². The van der Waals surface area contributed by atoms with Gasteiger partial charge in [0.1, 0.15) is 18.3 Å². The van der Waals surface area contributed by atoms with Crippen molar-refractivity contribution in [2.75, 3.05) is 6.61 Å². The molecule has 2 aromatic rings. The van der Waals surface area contributed by atoms with Crippen LogP contribution in [0.5, 0.6) is 5.75 Å². The summed E-state index contributed by atoms with van der Waals surface area (Å²) in [5.41, 5.74) is -2.70. The highest BCUT2D eigenvalue weighted by Crippen LogP contribution is 2.43. The average molecular weight is 438 g/mol. The molecule has 3 N–H and O–H groups in total. The average Bonchev–Trinajstić information content (AvgIpc) is 2.72. The molecular weight excluding hydrogens is 417 g/mol. The van der Waals surface area contributed by atoms with E-state index in [1.165, 1.54) is 36.5 Å². The Morgan fingerprint density at radius 3 is 2.35 bits per heavy atom. The molecule has 0 spiro atoms. The standard InChI is InChI=1S/C21H21F3N2O5/c1-2-30-18(27)16-17(25-19(28)26-20(16,29)21(22,23)24)14-8-10-15(11-9-14)31-12-13-6-4-3-5-7-13/h3-11,16-17,29H,2,12H2,1H3,(H2,25,26,28)/t16-,17+,20-/m1/s1. The van der Waals surface area contributed by atoms with Crippen molar-refractivity contribution in [1.82, 2.24) is 10.6 Å². The maximum absolute atomic E-state index is 13.6. The minimum Gasteiger partial charge on any atom is -0.489 e. The number of hydrogen-bond acceptors (Lipinski definition) is 5. The molecule has 1 aliphatic heterocycles. The molecule has 31 heavy (non-hydrogen) atoms. The van der Waals surface area contributed by atoms with Gasteiger partial charge in [-0.25, -0.2) is 4.79 Å². The molecule has 0 aromatic heterocycles. The number of carbonyl (C=O) groups is 2. The van der Waals surface area contributed by atoms with Gasteiger partial charge in [-0.1, -0.05) is 42.5 Å². The van der Waals surface area contributed by atoms with Crippen molar-refractivity contribution in [3.8, 4) is 5.75 Å². The normalized spacial score (nSPS) is 23.5. The molecule has 3 rings (SSSR count). The number of amides is 2. The summed E-state index contributed by atoms with van der Waals surface area (Å²) in [5.74, 6) is -3.03. The van der Waals surface area contributed by atoms with E-state index in [0.29, 0.717) is 5.75 Å². The fourth-order valence-corrected chi connectivity index (χ4v) is 3.33. The predicted molar refractivity (Wildman–Crippen MR) is 103 cm³/mol. The van der Waals surface area contributed by atoms with E-state index in [2.05, 4.69) is 5.32 Å². The fourth-order valence-electron chi connectivity index (χ4n) is 3.33. The molecule has 1 saturated heterocycles. The Balaban J connectivity index is 1.87. The zero-order chi connectivity index (χ0) is 22.6. The quantitative estimate of drug-likeness (QED) is 0.603. The summed E-state index contributed by atoms with van der Waals surface area (Å²) in [5, 5.41) is 14.0. The van der Waals surface area contributed by atoms with Gasteiger partial charge >= 0.3 is 18.2 Å². The summed E-state index contributed by atoms with van der Waals surface area (Å²) in [7, 11) is 0. The number of nitrogens with one attached hydrogen (secondary N) is 2. The first-order valence-electron chi connectivity index (χ1n) is 9.47. The molecule has 2 amide bonds. The maximum Gasteiger partial charge on any atom is 0.437 e. The van der Waals surface area contributed by atoms with E-state index in [4.69, 9.17) is 9.47 Å². The van der Waals surface area contributed by atoms with Gasteiger partial charge in [-0.3, -0.25) is 4.79 Å². The van der Waals surface area contributed by atoms with E-state index in [1.807, 2.05) is 30.3 Å². The first-order chi connectivity index (χ1) is 14.7. The van der Waals surface area contributed by atoms with Crippen LogP contribution in [0, 0.1) is 5.92 Å². The minimum atomic E-state index is -5.32. The molecule has 0 radical (unpaired) electrons. The molecule has 0 unspecified atom stereocenters. The van der Waals surface area contributed by atoms with Crippen LogP contribution in [-0.4, -0.2) is 35.6 Å². The molecule has 1 fully saturated rings. The number of alkyl halides is 3. The fraction of sp³-hybridized carbons (Fsp3) is 0.333. The molecular formula is C21H21F3N2O5. The van der Waals surface area contributed by atoms with Crippen LogP contribution in [0.2, 0.25) is 0 Å². The summed E-state index contributed by atoms with van der Waals surface area (Å²) >= 11 is 0. The monoisotopic (exact) mass is 438 g/mol. The second-order valence-electron chi connectivity index (χ2n) is 6.91. The lowest BCUT2D eigenvalue weighted by atomic mass is 9.82. The van der Waals surface area contributed by atoms with E-state index < -0.39 is 35.9 Å². The molecule has 0 aliphatic carbocycles. The van der Waals surface area contributed by atoms with Gasteiger partial charge in [-0.15, -0.1) is 0 Å². The molecule has 1 heterocycles. The second kappa shape index (κ2) is 8.84. The van der Waals surface area contributed by atoms with Gasteiger partial charge in [0.2, 0.25) is 0 Å². The van der Waals surface area contributed by atoms with Crippen molar-refractivity contribution < 1.29 is 37.3 Å². The van der Waals surface area contributed by atoms with Crippen molar-refractivity contribution in [2.45, 2.75) is 31.5 Å². The minimum absolute atomic E-state index is 0.169.